The molecule has 0 fully saturated rings. The number of amides is 2. The summed E-state index contributed by atoms with van der Waals surface area (Å²) < 4.78 is 21.6. The molecule has 0 spiro atoms. The summed E-state index contributed by atoms with van der Waals surface area (Å²) in [7, 11) is 0. The van der Waals surface area contributed by atoms with E-state index in [9.17, 15) is 14.4 Å². The zero-order valence-corrected chi connectivity index (χ0v) is 19.5. The molecule has 4 rings (SSSR count). The van der Waals surface area contributed by atoms with E-state index in [0.29, 0.717) is 54.7 Å². The monoisotopic (exact) mass is 490 g/mol. The summed E-state index contributed by atoms with van der Waals surface area (Å²) in [5.41, 5.74) is 1.35. The minimum absolute atomic E-state index is 0.356. The van der Waals surface area contributed by atoms with E-state index >= 15 is 0 Å². The fraction of sp³-hybridized carbons (Fsp3) is 0.222. The highest BCUT2D eigenvalue weighted by Crippen LogP contribution is 2.30. The van der Waals surface area contributed by atoms with Gasteiger partial charge in [0.25, 0.3) is 11.8 Å². The molecule has 0 aliphatic carbocycles. The second kappa shape index (κ2) is 12.3. The van der Waals surface area contributed by atoms with Gasteiger partial charge in [-0.15, -0.1) is 0 Å². The van der Waals surface area contributed by atoms with Gasteiger partial charge in [0.1, 0.15) is 31.3 Å². The number of esters is 1. The molecular formula is C27H26N2O7. The van der Waals surface area contributed by atoms with Crippen LogP contribution in [0.15, 0.2) is 72.8 Å². The molecule has 2 amide bonds. The number of ether oxygens (including phenoxy) is 4. The summed E-state index contributed by atoms with van der Waals surface area (Å²) in [6, 6.07) is 21.4. The standard InChI is InChI=1S/C27H26N2O7/c30-25(28-13-12-19-6-11-23-24(16-19)34-15-14-33-23)18-35-26(31)17-29-27(32)20-7-9-22(10-8-20)36-21-4-2-1-3-5-21/h1-11,16H,12-15,17-18H2,(H,28,30)(H,29,32). The van der Waals surface area contributed by atoms with Crippen LogP contribution in [-0.2, 0) is 20.7 Å². The van der Waals surface area contributed by atoms with Gasteiger partial charge in [-0.05, 0) is 60.5 Å². The van der Waals surface area contributed by atoms with Crippen LogP contribution < -0.4 is 24.8 Å². The highest BCUT2D eigenvalue weighted by molar-refractivity contribution is 5.96. The van der Waals surface area contributed by atoms with Crippen molar-refractivity contribution in [2.24, 2.45) is 0 Å². The van der Waals surface area contributed by atoms with Gasteiger partial charge in [0, 0.05) is 12.1 Å². The fourth-order valence-electron chi connectivity index (χ4n) is 3.39. The Bertz CT molecular complexity index is 1200. The maximum Gasteiger partial charge on any atom is 0.325 e. The van der Waals surface area contributed by atoms with Crippen LogP contribution in [0, 0.1) is 0 Å². The van der Waals surface area contributed by atoms with Crippen molar-refractivity contribution in [3.63, 3.8) is 0 Å². The molecule has 0 atom stereocenters. The first-order valence-corrected chi connectivity index (χ1v) is 11.5. The lowest BCUT2D eigenvalue weighted by atomic mass is 10.1. The van der Waals surface area contributed by atoms with Crippen molar-refractivity contribution in [3.05, 3.63) is 83.9 Å². The minimum atomic E-state index is -0.714. The lowest BCUT2D eigenvalue weighted by molar-refractivity contribution is -0.147. The Morgan fingerprint density at radius 1 is 0.806 bits per heavy atom. The smallest absolute Gasteiger partial charge is 0.325 e. The van der Waals surface area contributed by atoms with E-state index in [1.54, 1.807) is 24.3 Å². The van der Waals surface area contributed by atoms with Crippen LogP contribution in [-0.4, -0.2) is 50.7 Å². The number of para-hydroxylation sites is 1. The van der Waals surface area contributed by atoms with E-state index in [1.807, 2.05) is 48.5 Å². The van der Waals surface area contributed by atoms with E-state index in [1.165, 1.54) is 0 Å². The Labute approximate surface area is 208 Å². The first-order valence-electron chi connectivity index (χ1n) is 11.5. The lowest BCUT2D eigenvalue weighted by Gasteiger charge is -2.18. The molecule has 1 aliphatic heterocycles. The van der Waals surface area contributed by atoms with Crippen molar-refractivity contribution in [2.75, 3.05) is 32.9 Å². The Kier molecular flexibility index (Phi) is 8.37. The van der Waals surface area contributed by atoms with E-state index in [2.05, 4.69) is 10.6 Å². The number of nitrogens with one attached hydrogen (secondary N) is 2. The van der Waals surface area contributed by atoms with Gasteiger partial charge in [0.15, 0.2) is 18.1 Å². The molecule has 1 aliphatic rings. The second-order valence-electron chi connectivity index (χ2n) is 7.86. The highest BCUT2D eigenvalue weighted by Gasteiger charge is 2.13. The molecule has 9 nitrogen and oxygen atoms in total. The number of carbonyl (C=O) groups excluding carboxylic acids is 3. The number of hydrogen-bond acceptors (Lipinski definition) is 7. The fourth-order valence-corrected chi connectivity index (χ4v) is 3.39. The molecule has 186 valence electrons. The molecule has 0 bridgehead atoms. The molecule has 2 N–H and O–H groups in total. The van der Waals surface area contributed by atoms with Gasteiger partial charge in [-0.3, -0.25) is 14.4 Å². The van der Waals surface area contributed by atoms with Gasteiger partial charge in [-0.25, -0.2) is 0 Å². The minimum Gasteiger partial charge on any atom is -0.486 e. The molecule has 3 aromatic carbocycles. The van der Waals surface area contributed by atoms with Crippen molar-refractivity contribution in [2.45, 2.75) is 6.42 Å². The van der Waals surface area contributed by atoms with Crippen molar-refractivity contribution in [1.29, 1.82) is 0 Å². The maximum atomic E-state index is 12.3. The Morgan fingerprint density at radius 2 is 1.53 bits per heavy atom. The SMILES string of the molecule is O=C(COC(=O)CNC(=O)c1ccc(Oc2ccccc2)cc1)NCCc1ccc2c(c1)OCCO2. The van der Waals surface area contributed by atoms with Crippen LogP contribution in [0.1, 0.15) is 15.9 Å². The molecule has 36 heavy (non-hydrogen) atoms. The summed E-state index contributed by atoms with van der Waals surface area (Å²) in [6.07, 6.45) is 0.585. The Balaban J connectivity index is 1.12. The van der Waals surface area contributed by atoms with Crippen LogP contribution in [0.4, 0.5) is 0 Å². The molecule has 0 aromatic heterocycles. The van der Waals surface area contributed by atoms with E-state index in [4.69, 9.17) is 18.9 Å². The predicted molar refractivity (Wildman–Crippen MR) is 130 cm³/mol. The quantitative estimate of drug-likeness (QED) is 0.420. The number of rotatable bonds is 10. The summed E-state index contributed by atoms with van der Waals surface area (Å²) >= 11 is 0. The summed E-state index contributed by atoms with van der Waals surface area (Å²) in [6.45, 7) is 0.626. The van der Waals surface area contributed by atoms with E-state index < -0.39 is 24.4 Å². The number of fused-ring (bicyclic) bond motifs is 1. The Hall–Kier alpha value is -4.53. The van der Waals surface area contributed by atoms with Crippen LogP contribution in [0.25, 0.3) is 0 Å². The van der Waals surface area contributed by atoms with Crippen LogP contribution in [0.2, 0.25) is 0 Å². The van der Waals surface area contributed by atoms with Crippen LogP contribution in [0.3, 0.4) is 0 Å². The van der Waals surface area contributed by atoms with Gasteiger partial charge in [0.2, 0.25) is 0 Å². The third kappa shape index (κ3) is 7.23. The first-order chi connectivity index (χ1) is 17.6. The van der Waals surface area contributed by atoms with Gasteiger partial charge < -0.3 is 29.6 Å². The average molecular weight is 491 g/mol. The van der Waals surface area contributed by atoms with Crippen molar-refractivity contribution in [1.82, 2.24) is 10.6 Å². The van der Waals surface area contributed by atoms with E-state index in [0.717, 1.165) is 5.56 Å². The highest BCUT2D eigenvalue weighted by atomic mass is 16.6. The predicted octanol–water partition coefficient (Wildman–Crippen LogP) is 2.88. The number of carbonyl (C=O) groups is 3. The largest absolute Gasteiger partial charge is 0.486 e. The zero-order valence-electron chi connectivity index (χ0n) is 19.5. The zero-order chi connectivity index (χ0) is 25.2. The molecule has 0 unspecified atom stereocenters. The third-order valence-electron chi connectivity index (χ3n) is 5.20. The van der Waals surface area contributed by atoms with Gasteiger partial charge in [-0.2, -0.15) is 0 Å². The third-order valence-corrected chi connectivity index (χ3v) is 5.20. The first kappa shape index (κ1) is 24.6. The lowest BCUT2D eigenvalue weighted by Crippen LogP contribution is -2.34. The summed E-state index contributed by atoms with van der Waals surface area (Å²) in [5, 5.41) is 5.17. The number of hydrogen-bond donors (Lipinski definition) is 2. The van der Waals surface area contributed by atoms with Gasteiger partial charge in [0.05, 0.1) is 0 Å². The normalized spacial score (nSPS) is 11.8. The molecule has 0 radical (unpaired) electrons. The topological polar surface area (TPSA) is 112 Å². The van der Waals surface area contributed by atoms with Gasteiger partial charge in [-0.1, -0.05) is 24.3 Å². The average Bonchev–Trinajstić information content (AvgIpc) is 2.91. The van der Waals surface area contributed by atoms with Crippen molar-refractivity contribution >= 4 is 17.8 Å². The van der Waals surface area contributed by atoms with E-state index in [-0.39, 0.29) is 6.54 Å². The Morgan fingerprint density at radius 3 is 2.31 bits per heavy atom. The summed E-state index contributed by atoms with van der Waals surface area (Å²) in [4.78, 5) is 36.1. The molecule has 0 saturated heterocycles. The van der Waals surface area contributed by atoms with Crippen LogP contribution in [0.5, 0.6) is 23.0 Å². The number of benzene rings is 3. The molecule has 1 heterocycles. The van der Waals surface area contributed by atoms with Gasteiger partial charge >= 0.3 is 5.97 Å². The molecular weight excluding hydrogens is 464 g/mol. The van der Waals surface area contributed by atoms with Crippen molar-refractivity contribution < 1.29 is 33.3 Å². The summed E-state index contributed by atoms with van der Waals surface area (Å²) in [5.74, 6) is 1.08. The maximum absolute atomic E-state index is 12.3. The molecule has 9 heteroatoms. The molecule has 0 saturated carbocycles. The van der Waals surface area contributed by atoms with Crippen LogP contribution >= 0.6 is 0 Å². The second-order valence-corrected chi connectivity index (χ2v) is 7.86. The molecule has 3 aromatic rings. The van der Waals surface area contributed by atoms with Crippen molar-refractivity contribution in [3.8, 4) is 23.0 Å².